The summed E-state index contributed by atoms with van der Waals surface area (Å²) in [6, 6.07) is 13.1. The fraction of sp³-hybridized carbons (Fsp3) is 0.286. The Morgan fingerprint density at radius 2 is 1.86 bits per heavy atom. The first kappa shape index (κ1) is 20.0. The third-order valence-electron chi connectivity index (χ3n) is 4.40. The van der Waals surface area contributed by atoms with Crippen molar-refractivity contribution in [1.29, 1.82) is 0 Å². The smallest absolute Gasteiger partial charge is 0.243 e. The van der Waals surface area contributed by atoms with Gasteiger partial charge in [0, 0.05) is 11.3 Å². The summed E-state index contributed by atoms with van der Waals surface area (Å²) in [7, 11) is 0. The molecule has 1 aromatic heterocycles. The second kappa shape index (κ2) is 8.50. The van der Waals surface area contributed by atoms with Crippen LogP contribution >= 0.6 is 11.3 Å². The lowest BCUT2D eigenvalue weighted by Crippen LogP contribution is -2.46. The molecule has 0 fully saturated rings. The molecule has 0 unspecified atom stereocenters. The Morgan fingerprint density at radius 3 is 2.54 bits per heavy atom. The molecule has 0 spiro atoms. The van der Waals surface area contributed by atoms with Crippen LogP contribution in [-0.4, -0.2) is 29.4 Å². The van der Waals surface area contributed by atoms with Gasteiger partial charge in [-0.2, -0.15) is 0 Å². The summed E-state index contributed by atoms with van der Waals surface area (Å²) >= 11 is 1.64. The van der Waals surface area contributed by atoms with E-state index in [1.165, 1.54) is 5.56 Å². The average molecular weight is 397 g/mol. The molecule has 1 heterocycles. The monoisotopic (exact) mass is 396 g/mol. The van der Waals surface area contributed by atoms with Gasteiger partial charge in [0.1, 0.15) is 5.01 Å². The number of thiazole rings is 1. The summed E-state index contributed by atoms with van der Waals surface area (Å²) in [4.78, 5) is 28.5. The first-order chi connectivity index (χ1) is 13.3. The average Bonchev–Trinajstić information content (AvgIpc) is 3.09. The van der Waals surface area contributed by atoms with E-state index < -0.39 is 6.04 Å². The van der Waals surface area contributed by atoms with Crippen molar-refractivity contribution < 1.29 is 9.59 Å². The van der Waals surface area contributed by atoms with Crippen molar-refractivity contribution in [3.05, 3.63) is 48.0 Å². The van der Waals surface area contributed by atoms with Crippen molar-refractivity contribution in [2.45, 2.75) is 26.8 Å². The molecule has 2 amide bonds. The van der Waals surface area contributed by atoms with Crippen LogP contribution in [0.2, 0.25) is 0 Å². The van der Waals surface area contributed by atoms with E-state index in [4.69, 9.17) is 5.73 Å². The van der Waals surface area contributed by atoms with Crippen molar-refractivity contribution >= 4 is 39.1 Å². The lowest BCUT2D eigenvalue weighted by molar-refractivity contribution is -0.125. The maximum Gasteiger partial charge on any atom is 0.243 e. The second-order valence-electron chi connectivity index (χ2n) is 7.10. The Bertz CT molecular complexity index is 995. The number of amides is 2. The van der Waals surface area contributed by atoms with E-state index in [0.29, 0.717) is 5.69 Å². The number of aryl methyl sites for hydroxylation is 1. The van der Waals surface area contributed by atoms with Crippen molar-refractivity contribution in [1.82, 2.24) is 10.3 Å². The molecule has 3 aromatic rings. The van der Waals surface area contributed by atoms with E-state index in [1.54, 1.807) is 11.3 Å². The topological polar surface area (TPSA) is 97.1 Å². The molecule has 0 bridgehead atoms. The summed E-state index contributed by atoms with van der Waals surface area (Å²) in [6.45, 7) is 5.67. The summed E-state index contributed by atoms with van der Waals surface area (Å²) in [5.74, 6) is -0.610. The Hall–Kier alpha value is -2.77. The third-order valence-corrected chi connectivity index (χ3v) is 5.47. The molecular formula is C21H24N4O2S. The standard InChI is InChI=1S/C21H24N4O2S/c1-12(2)19(22)20(27)23-11-18(26)24-15-7-5-14(6-8-15)21-25-16-9-4-13(3)10-17(16)28-21/h4-10,12,19H,11,22H2,1-3H3,(H,23,27)(H,24,26)/t19-/m0/s1. The van der Waals surface area contributed by atoms with Gasteiger partial charge in [0.15, 0.2) is 0 Å². The van der Waals surface area contributed by atoms with Crippen LogP contribution in [0.3, 0.4) is 0 Å². The fourth-order valence-corrected chi connectivity index (χ4v) is 3.71. The predicted molar refractivity (Wildman–Crippen MR) is 114 cm³/mol. The molecule has 0 aliphatic carbocycles. The zero-order chi connectivity index (χ0) is 20.3. The number of rotatable bonds is 6. The molecule has 0 saturated carbocycles. The van der Waals surface area contributed by atoms with E-state index in [0.717, 1.165) is 20.8 Å². The van der Waals surface area contributed by atoms with E-state index in [2.05, 4.69) is 34.7 Å². The van der Waals surface area contributed by atoms with E-state index in [1.807, 2.05) is 44.2 Å². The zero-order valence-electron chi connectivity index (χ0n) is 16.2. The van der Waals surface area contributed by atoms with Gasteiger partial charge in [-0.25, -0.2) is 4.98 Å². The first-order valence-electron chi connectivity index (χ1n) is 9.14. The number of fused-ring (bicyclic) bond motifs is 1. The highest BCUT2D eigenvalue weighted by Crippen LogP contribution is 2.31. The molecule has 0 aliphatic rings. The van der Waals surface area contributed by atoms with Gasteiger partial charge in [0.05, 0.1) is 22.8 Å². The molecule has 2 aromatic carbocycles. The van der Waals surface area contributed by atoms with Crippen LogP contribution in [0.15, 0.2) is 42.5 Å². The van der Waals surface area contributed by atoms with Crippen molar-refractivity contribution in [3.8, 4) is 10.6 Å². The zero-order valence-corrected chi connectivity index (χ0v) is 17.0. The van der Waals surface area contributed by atoms with E-state index in [9.17, 15) is 9.59 Å². The number of nitrogens with one attached hydrogen (secondary N) is 2. The van der Waals surface area contributed by atoms with Gasteiger partial charge in [-0.1, -0.05) is 19.9 Å². The van der Waals surface area contributed by atoms with Gasteiger partial charge in [-0.3, -0.25) is 9.59 Å². The maximum atomic E-state index is 12.0. The quantitative estimate of drug-likeness (QED) is 0.595. The van der Waals surface area contributed by atoms with E-state index in [-0.39, 0.29) is 24.3 Å². The van der Waals surface area contributed by atoms with Crippen LogP contribution in [0.4, 0.5) is 5.69 Å². The fourth-order valence-electron chi connectivity index (χ4n) is 2.64. The molecular weight excluding hydrogens is 372 g/mol. The molecule has 0 radical (unpaired) electrons. The molecule has 146 valence electrons. The highest BCUT2D eigenvalue weighted by Gasteiger charge is 2.17. The minimum atomic E-state index is -0.621. The summed E-state index contributed by atoms with van der Waals surface area (Å²) in [5.41, 5.74) is 9.61. The molecule has 0 saturated heterocycles. The molecule has 28 heavy (non-hydrogen) atoms. The van der Waals surface area contributed by atoms with Crippen LogP contribution in [-0.2, 0) is 9.59 Å². The number of hydrogen-bond acceptors (Lipinski definition) is 5. The number of aromatic nitrogens is 1. The molecule has 4 N–H and O–H groups in total. The number of nitrogens with zero attached hydrogens (tertiary/aromatic N) is 1. The van der Waals surface area contributed by atoms with Crippen molar-refractivity contribution in [3.63, 3.8) is 0 Å². The Labute approximate surface area is 168 Å². The largest absolute Gasteiger partial charge is 0.346 e. The van der Waals surface area contributed by atoms with Crippen LogP contribution in [0, 0.1) is 12.8 Å². The van der Waals surface area contributed by atoms with Gasteiger partial charge >= 0.3 is 0 Å². The van der Waals surface area contributed by atoms with Crippen molar-refractivity contribution in [2.75, 3.05) is 11.9 Å². The normalized spacial score (nSPS) is 12.2. The van der Waals surface area contributed by atoms with E-state index >= 15 is 0 Å². The van der Waals surface area contributed by atoms with Crippen molar-refractivity contribution in [2.24, 2.45) is 11.7 Å². The lowest BCUT2D eigenvalue weighted by atomic mass is 10.1. The number of carbonyl (C=O) groups excluding carboxylic acids is 2. The van der Waals surface area contributed by atoms with Crippen LogP contribution in [0.1, 0.15) is 19.4 Å². The van der Waals surface area contributed by atoms with Gasteiger partial charge < -0.3 is 16.4 Å². The lowest BCUT2D eigenvalue weighted by Gasteiger charge is -2.15. The number of hydrogen-bond donors (Lipinski definition) is 3. The summed E-state index contributed by atoms with van der Waals surface area (Å²) in [6.07, 6.45) is 0. The minimum Gasteiger partial charge on any atom is -0.346 e. The Balaban J connectivity index is 1.60. The third kappa shape index (κ3) is 4.74. The second-order valence-corrected chi connectivity index (χ2v) is 8.13. The summed E-state index contributed by atoms with van der Waals surface area (Å²) in [5, 5.41) is 6.26. The van der Waals surface area contributed by atoms with Crippen LogP contribution < -0.4 is 16.4 Å². The minimum absolute atomic E-state index is 0.0158. The molecule has 0 aliphatic heterocycles. The van der Waals surface area contributed by atoms with Gasteiger partial charge in [0.25, 0.3) is 0 Å². The molecule has 7 heteroatoms. The number of anilines is 1. The molecule has 1 atom stereocenters. The molecule has 6 nitrogen and oxygen atoms in total. The number of nitrogens with two attached hydrogens (primary N) is 1. The van der Waals surface area contributed by atoms with Gasteiger partial charge in [-0.15, -0.1) is 11.3 Å². The maximum absolute atomic E-state index is 12.0. The van der Waals surface area contributed by atoms with Gasteiger partial charge in [-0.05, 0) is 54.8 Å². The Morgan fingerprint density at radius 1 is 1.14 bits per heavy atom. The summed E-state index contributed by atoms with van der Waals surface area (Å²) < 4.78 is 1.16. The van der Waals surface area contributed by atoms with Gasteiger partial charge in [0.2, 0.25) is 11.8 Å². The highest BCUT2D eigenvalue weighted by molar-refractivity contribution is 7.21. The number of benzene rings is 2. The predicted octanol–water partition coefficient (Wildman–Crippen LogP) is 3.31. The van der Waals surface area contributed by atoms with Crippen LogP contribution in [0.25, 0.3) is 20.8 Å². The first-order valence-corrected chi connectivity index (χ1v) is 9.96. The Kier molecular flexibility index (Phi) is 6.06. The molecule has 3 rings (SSSR count). The number of carbonyl (C=O) groups is 2. The SMILES string of the molecule is Cc1ccc2nc(-c3ccc(NC(=O)CNC(=O)[C@@H](N)C(C)C)cc3)sc2c1. The van der Waals surface area contributed by atoms with Crippen LogP contribution in [0.5, 0.6) is 0 Å². The highest BCUT2D eigenvalue weighted by atomic mass is 32.1.